The standard InChI is InChI=1S/C21H22ClFN2O2/c1-15-13-24(14-16-2-6-19(23)7-3-16)10-11-25(15)21(27)9-4-17-12-18(22)5-8-20(17)26/h2-9,12,15,26H,10-11,13-14H2,1H3/b9-4+. The van der Waals surface area contributed by atoms with Gasteiger partial charge in [-0.25, -0.2) is 4.39 Å². The van der Waals surface area contributed by atoms with Gasteiger partial charge in [0.1, 0.15) is 11.6 Å². The normalized spacial score (nSPS) is 18.2. The van der Waals surface area contributed by atoms with Gasteiger partial charge in [0.15, 0.2) is 0 Å². The van der Waals surface area contributed by atoms with E-state index in [-0.39, 0.29) is 23.5 Å². The Bertz CT molecular complexity index is 839. The number of carbonyl (C=O) groups excluding carboxylic acids is 1. The highest BCUT2D eigenvalue weighted by atomic mass is 35.5. The number of benzene rings is 2. The first-order chi connectivity index (χ1) is 12.9. The number of carbonyl (C=O) groups is 1. The van der Waals surface area contributed by atoms with Crippen LogP contribution in [-0.4, -0.2) is 46.5 Å². The molecule has 0 radical (unpaired) electrons. The smallest absolute Gasteiger partial charge is 0.246 e. The molecular formula is C21H22ClFN2O2. The number of piperazine rings is 1. The fourth-order valence-corrected chi connectivity index (χ4v) is 3.45. The van der Waals surface area contributed by atoms with Gasteiger partial charge in [0, 0.05) is 48.9 Å². The molecule has 3 rings (SSSR count). The molecule has 6 heteroatoms. The first-order valence-corrected chi connectivity index (χ1v) is 9.24. The molecule has 4 nitrogen and oxygen atoms in total. The fraction of sp³-hybridized carbons (Fsp3) is 0.286. The van der Waals surface area contributed by atoms with Gasteiger partial charge in [-0.05, 0) is 48.9 Å². The summed E-state index contributed by atoms with van der Waals surface area (Å²) in [6, 6.07) is 11.3. The van der Waals surface area contributed by atoms with Crippen LogP contribution < -0.4 is 0 Å². The van der Waals surface area contributed by atoms with E-state index in [1.807, 2.05) is 11.8 Å². The lowest BCUT2D eigenvalue weighted by atomic mass is 10.1. The predicted octanol–water partition coefficient (Wildman–Crippen LogP) is 3.93. The molecule has 0 saturated carbocycles. The molecule has 1 atom stereocenters. The fourth-order valence-electron chi connectivity index (χ4n) is 3.27. The second-order valence-electron chi connectivity index (χ2n) is 6.78. The second-order valence-corrected chi connectivity index (χ2v) is 7.22. The van der Waals surface area contributed by atoms with Crippen molar-refractivity contribution in [1.82, 2.24) is 9.80 Å². The van der Waals surface area contributed by atoms with Crippen LogP contribution in [0.1, 0.15) is 18.1 Å². The topological polar surface area (TPSA) is 43.8 Å². The van der Waals surface area contributed by atoms with Gasteiger partial charge in [-0.2, -0.15) is 0 Å². The summed E-state index contributed by atoms with van der Waals surface area (Å²) in [4.78, 5) is 16.6. The van der Waals surface area contributed by atoms with Crippen molar-refractivity contribution in [3.8, 4) is 5.75 Å². The highest BCUT2D eigenvalue weighted by Crippen LogP contribution is 2.23. The number of nitrogens with zero attached hydrogens (tertiary/aromatic N) is 2. The molecule has 1 fully saturated rings. The molecule has 0 bridgehead atoms. The first kappa shape index (κ1) is 19.4. The molecule has 1 amide bonds. The van der Waals surface area contributed by atoms with E-state index in [4.69, 9.17) is 11.6 Å². The van der Waals surface area contributed by atoms with Gasteiger partial charge in [0.25, 0.3) is 0 Å². The zero-order valence-corrected chi connectivity index (χ0v) is 15.9. The van der Waals surface area contributed by atoms with Crippen molar-refractivity contribution in [3.63, 3.8) is 0 Å². The molecule has 1 unspecified atom stereocenters. The number of amides is 1. The number of halogens is 2. The summed E-state index contributed by atoms with van der Waals surface area (Å²) in [5.41, 5.74) is 1.57. The third kappa shape index (κ3) is 5.08. The van der Waals surface area contributed by atoms with Crippen molar-refractivity contribution >= 4 is 23.6 Å². The minimum atomic E-state index is -0.236. The van der Waals surface area contributed by atoms with Crippen LogP contribution in [0.3, 0.4) is 0 Å². The van der Waals surface area contributed by atoms with Crippen molar-refractivity contribution in [1.29, 1.82) is 0 Å². The molecule has 1 aliphatic heterocycles. The highest BCUT2D eigenvalue weighted by Gasteiger charge is 2.26. The summed E-state index contributed by atoms with van der Waals surface area (Å²) in [6.45, 7) is 4.87. The van der Waals surface area contributed by atoms with Crippen LogP contribution in [0.25, 0.3) is 6.08 Å². The molecule has 142 valence electrons. The van der Waals surface area contributed by atoms with Crippen LogP contribution in [0.15, 0.2) is 48.5 Å². The number of hydrogen-bond donors (Lipinski definition) is 1. The minimum Gasteiger partial charge on any atom is -0.507 e. The number of phenols is 1. The second kappa shape index (κ2) is 8.55. The Labute approximate surface area is 163 Å². The van der Waals surface area contributed by atoms with Crippen molar-refractivity contribution < 1.29 is 14.3 Å². The summed E-state index contributed by atoms with van der Waals surface area (Å²) in [7, 11) is 0. The summed E-state index contributed by atoms with van der Waals surface area (Å²) in [5, 5.41) is 10.3. The Morgan fingerprint density at radius 2 is 2.00 bits per heavy atom. The average Bonchev–Trinajstić information content (AvgIpc) is 2.64. The van der Waals surface area contributed by atoms with E-state index in [2.05, 4.69) is 4.90 Å². The molecule has 0 aliphatic carbocycles. The van der Waals surface area contributed by atoms with Gasteiger partial charge in [-0.15, -0.1) is 0 Å². The summed E-state index contributed by atoms with van der Waals surface area (Å²) in [6.07, 6.45) is 3.05. The first-order valence-electron chi connectivity index (χ1n) is 8.86. The third-order valence-corrected chi connectivity index (χ3v) is 4.94. The van der Waals surface area contributed by atoms with Crippen molar-refractivity contribution in [2.24, 2.45) is 0 Å². The van der Waals surface area contributed by atoms with E-state index in [0.717, 1.165) is 25.2 Å². The van der Waals surface area contributed by atoms with Crippen molar-refractivity contribution in [2.45, 2.75) is 19.5 Å². The van der Waals surface area contributed by atoms with E-state index in [9.17, 15) is 14.3 Å². The summed E-state index contributed by atoms with van der Waals surface area (Å²) >= 11 is 5.93. The van der Waals surface area contributed by atoms with E-state index < -0.39 is 0 Å². The van der Waals surface area contributed by atoms with Gasteiger partial charge in [0.2, 0.25) is 5.91 Å². The molecule has 2 aromatic rings. The van der Waals surface area contributed by atoms with Crippen LogP contribution >= 0.6 is 11.6 Å². The van der Waals surface area contributed by atoms with Crippen LogP contribution in [-0.2, 0) is 11.3 Å². The Morgan fingerprint density at radius 3 is 2.70 bits per heavy atom. The zero-order chi connectivity index (χ0) is 19.4. The van der Waals surface area contributed by atoms with E-state index in [0.29, 0.717) is 17.1 Å². The highest BCUT2D eigenvalue weighted by molar-refractivity contribution is 6.30. The maximum Gasteiger partial charge on any atom is 0.246 e. The van der Waals surface area contributed by atoms with Gasteiger partial charge in [-0.3, -0.25) is 9.69 Å². The molecule has 1 N–H and O–H groups in total. The quantitative estimate of drug-likeness (QED) is 0.807. The molecule has 27 heavy (non-hydrogen) atoms. The molecule has 2 aromatic carbocycles. The van der Waals surface area contributed by atoms with Crippen LogP contribution in [0.2, 0.25) is 5.02 Å². The van der Waals surface area contributed by atoms with Gasteiger partial charge in [-0.1, -0.05) is 23.7 Å². The Kier molecular flexibility index (Phi) is 6.14. The maximum absolute atomic E-state index is 13.0. The lowest BCUT2D eigenvalue weighted by molar-refractivity contribution is -0.130. The molecular weight excluding hydrogens is 367 g/mol. The molecule has 1 aliphatic rings. The molecule has 1 saturated heterocycles. The molecule has 1 heterocycles. The minimum absolute atomic E-state index is 0.0595. The predicted molar refractivity (Wildman–Crippen MR) is 105 cm³/mol. The number of phenolic OH excluding ortho intramolecular Hbond substituents is 1. The average molecular weight is 389 g/mol. The monoisotopic (exact) mass is 388 g/mol. The van der Waals surface area contributed by atoms with Crippen molar-refractivity contribution in [3.05, 3.63) is 70.5 Å². The molecule has 0 aromatic heterocycles. The van der Waals surface area contributed by atoms with E-state index in [1.54, 1.807) is 30.3 Å². The van der Waals surface area contributed by atoms with Crippen molar-refractivity contribution in [2.75, 3.05) is 19.6 Å². The van der Waals surface area contributed by atoms with E-state index in [1.165, 1.54) is 24.3 Å². The Balaban J connectivity index is 1.58. The third-order valence-electron chi connectivity index (χ3n) is 4.71. The zero-order valence-electron chi connectivity index (χ0n) is 15.1. The number of hydrogen-bond acceptors (Lipinski definition) is 3. The largest absolute Gasteiger partial charge is 0.507 e. The lowest BCUT2D eigenvalue weighted by Gasteiger charge is -2.39. The Hall–Kier alpha value is -2.37. The lowest BCUT2D eigenvalue weighted by Crippen LogP contribution is -2.53. The summed E-state index contributed by atoms with van der Waals surface area (Å²) < 4.78 is 13.0. The maximum atomic E-state index is 13.0. The van der Waals surface area contributed by atoms with Gasteiger partial charge in [0.05, 0.1) is 0 Å². The van der Waals surface area contributed by atoms with Crippen LogP contribution in [0.4, 0.5) is 4.39 Å². The Morgan fingerprint density at radius 1 is 1.26 bits per heavy atom. The number of aromatic hydroxyl groups is 1. The molecule has 0 spiro atoms. The van der Waals surface area contributed by atoms with Gasteiger partial charge < -0.3 is 10.0 Å². The SMILES string of the molecule is CC1CN(Cc2ccc(F)cc2)CCN1C(=O)/C=C/c1cc(Cl)ccc1O. The summed E-state index contributed by atoms with van der Waals surface area (Å²) in [5.74, 6) is -0.246. The van der Waals surface area contributed by atoms with Crippen LogP contribution in [0.5, 0.6) is 5.75 Å². The van der Waals surface area contributed by atoms with Gasteiger partial charge >= 0.3 is 0 Å². The van der Waals surface area contributed by atoms with E-state index >= 15 is 0 Å². The van der Waals surface area contributed by atoms with Crippen LogP contribution in [0, 0.1) is 5.82 Å². The number of rotatable bonds is 4.